The summed E-state index contributed by atoms with van der Waals surface area (Å²) in [5, 5.41) is 4.10. The van der Waals surface area contributed by atoms with E-state index in [0.29, 0.717) is 0 Å². The summed E-state index contributed by atoms with van der Waals surface area (Å²) in [4.78, 5) is 0. The minimum absolute atomic E-state index is 0.0491. The van der Waals surface area contributed by atoms with Crippen LogP contribution in [-0.4, -0.2) is 6.54 Å². The summed E-state index contributed by atoms with van der Waals surface area (Å²) in [6.07, 6.45) is 0.0491. The molecule has 0 saturated carbocycles. The summed E-state index contributed by atoms with van der Waals surface area (Å²) in [6.45, 7) is 5.01. The van der Waals surface area contributed by atoms with Crippen LogP contribution in [0, 0.1) is 13.8 Å². The molecule has 1 heterocycles. The molecule has 3 rings (SSSR count). The smallest absolute Gasteiger partial charge is 0.143 e. The molecular weight excluding hydrogens is 258 g/mol. The molecule has 1 unspecified atom stereocenters. The van der Waals surface area contributed by atoms with Crippen molar-refractivity contribution in [2.45, 2.75) is 20.0 Å². The van der Waals surface area contributed by atoms with Crippen LogP contribution < -0.4 is 10.1 Å². The van der Waals surface area contributed by atoms with E-state index in [1.54, 1.807) is 0 Å². The SMILES string of the molecule is Cc1ccc(C2CNc3cc(Cl)ccc3O2)cc1C. The van der Waals surface area contributed by atoms with Gasteiger partial charge in [-0.3, -0.25) is 0 Å². The van der Waals surface area contributed by atoms with Crippen LogP contribution in [0.25, 0.3) is 0 Å². The number of aryl methyl sites for hydroxylation is 2. The Balaban J connectivity index is 1.89. The quantitative estimate of drug-likeness (QED) is 0.826. The molecule has 98 valence electrons. The molecular formula is C16H16ClNO. The average molecular weight is 274 g/mol. The first-order chi connectivity index (χ1) is 9.13. The second kappa shape index (κ2) is 4.78. The Morgan fingerprint density at radius 2 is 1.95 bits per heavy atom. The molecule has 0 fully saturated rings. The van der Waals surface area contributed by atoms with Crippen molar-refractivity contribution in [2.24, 2.45) is 0 Å². The van der Waals surface area contributed by atoms with E-state index in [9.17, 15) is 0 Å². The normalized spacial score (nSPS) is 17.3. The predicted octanol–water partition coefficient (Wildman–Crippen LogP) is 4.50. The molecule has 2 aromatic rings. The average Bonchev–Trinajstić information content (AvgIpc) is 2.41. The largest absolute Gasteiger partial charge is 0.482 e. The highest BCUT2D eigenvalue weighted by Gasteiger charge is 2.21. The number of hydrogen-bond donors (Lipinski definition) is 1. The van der Waals surface area contributed by atoms with E-state index >= 15 is 0 Å². The Morgan fingerprint density at radius 1 is 1.11 bits per heavy atom. The van der Waals surface area contributed by atoms with Crippen molar-refractivity contribution in [2.75, 3.05) is 11.9 Å². The minimum atomic E-state index is 0.0491. The molecule has 1 aliphatic rings. The topological polar surface area (TPSA) is 21.3 Å². The van der Waals surface area contributed by atoms with E-state index in [1.165, 1.54) is 16.7 Å². The minimum Gasteiger partial charge on any atom is -0.482 e. The van der Waals surface area contributed by atoms with Gasteiger partial charge in [-0.05, 0) is 48.7 Å². The van der Waals surface area contributed by atoms with Gasteiger partial charge in [0.25, 0.3) is 0 Å². The van der Waals surface area contributed by atoms with Crippen molar-refractivity contribution < 1.29 is 4.74 Å². The molecule has 0 aromatic heterocycles. The zero-order valence-electron chi connectivity index (χ0n) is 11.0. The van der Waals surface area contributed by atoms with Gasteiger partial charge in [-0.25, -0.2) is 0 Å². The van der Waals surface area contributed by atoms with Crippen LogP contribution in [0.3, 0.4) is 0 Å². The second-order valence-corrected chi connectivity index (χ2v) is 5.41. The van der Waals surface area contributed by atoms with E-state index in [2.05, 4.69) is 37.4 Å². The molecule has 0 saturated heterocycles. The first-order valence-corrected chi connectivity index (χ1v) is 6.78. The molecule has 1 atom stereocenters. The van der Waals surface area contributed by atoms with Crippen LogP contribution >= 0.6 is 11.6 Å². The van der Waals surface area contributed by atoms with Gasteiger partial charge < -0.3 is 10.1 Å². The van der Waals surface area contributed by atoms with Crippen LogP contribution in [0.1, 0.15) is 22.8 Å². The zero-order chi connectivity index (χ0) is 13.4. The second-order valence-electron chi connectivity index (χ2n) is 4.97. The molecule has 1 N–H and O–H groups in total. The van der Waals surface area contributed by atoms with E-state index in [1.807, 2.05) is 18.2 Å². The van der Waals surface area contributed by atoms with Crippen molar-refractivity contribution in [3.05, 3.63) is 58.1 Å². The van der Waals surface area contributed by atoms with E-state index < -0.39 is 0 Å². The fourth-order valence-electron chi connectivity index (χ4n) is 2.29. The summed E-state index contributed by atoms with van der Waals surface area (Å²) in [5.41, 5.74) is 4.77. The van der Waals surface area contributed by atoms with Gasteiger partial charge in [-0.2, -0.15) is 0 Å². The predicted molar refractivity (Wildman–Crippen MR) is 79.2 cm³/mol. The Bertz CT molecular complexity index is 624. The number of rotatable bonds is 1. The summed E-state index contributed by atoms with van der Waals surface area (Å²) in [6, 6.07) is 12.1. The molecule has 2 aromatic carbocycles. The number of anilines is 1. The summed E-state index contributed by atoms with van der Waals surface area (Å²) >= 11 is 5.97. The summed E-state index contributed by atoms with van der Waals surface area (Å²) in [7, 11) is 0. The van der Waals surface area contributed by atoms with Gasteiger partial charge >= 0.3 is 0 Å². The number of benzene rings is 2. The Morgan fingerprint density at radius 3 is 2.74 bits per heavy atom. The lowest BCUT2D eigenvalue weighted by molar-refractivity contribution is 0.210. The van der Waals surface area contributed by atoms with Crippen LogP contribution in [0.5, 0.6) is 5.75 Å². The third kappa shape index (κ3) is 2.41. The highest BCUT2D eigenvalue weighted by atomic mass is 35.5. The Labute approximate surface area is 118 Å². The van der Waals surface area contributed by atoms with Crippen LogP contribution in [0.4, 0.5) is 5.69 Å². The van der Waals surface area contributed by atoms with Crippen molar-refractivity contribution in [1.82, 2.24) is 0 Å². The lowest BCUT2D eigenvalue weighted by Gasteiger charge is -2.28. The maximum atomic E-state index is 6.05. The molecule has 0 bridgehead atoms. The molecule has 0 spiro atoms. The monoisotopic (exact) mass is 273 g/mol. The van der Waals surface area contributed by atoms with E-state index in [-0.39, 0.29) is 6.10 Å². The van der Waals surface area contributed by atoms with Crippen LogP contribution in [0.15, 0.2) is 36.4 Å². The molecule has 19 heavy (non-hydrogen) atoms. The Kier molecular flexibility index (Phi) is 3.11. The first kappa shape index (κ1) is 12.4. The zero-order valence-corrected chi connectivity index (χ0v) is 11.8. The third-order valence-electron chi connectivity index (χ3n) is 3.59. The third-order valence-corrected chi connectivity index (χ3v) is 3.83. The molecule has 0 radical (unpaired) electrons. The van der Waals surface area contributed by atoms with Gasteiger partial charge in [-0.1, -0.05) is 29.8 Å². The van der Waals surface area contributed by atoms with E-state index in [0.717, 1.165) is 23.0 Å². The van der Waals surface area contributed by atoms with E-state index in [4.69, 9.17) is 16.3 Å². The number of nitrogens with one attached hydrogen (secondary N) is 1. The standard InChI is InChI=1S/C16H16ClNO/c1-10-3-4-12(7-11(10)2)16-9-18-14-8-13(17)5-6-15(14)19-16/h3-8,16,18H,9H2,1-2H3. The van der Waals surface area contributed by atoms with Gasteiger partial charge in [-0.15, -0.1) is 0 Å². The highest BCUT2D eigenvalue weighted by Crippen LogP contribution is 2.36. The number of hydrogen-bond acceptors (Lipinski definition) is 2. The maximum absolute atomic E-state index is 6.05. The lowest BCUT2D eigenvalue weighted by atomic mass is 10.0. The fourth-order valence-corrected chi connectivity index (χ4v) is 2.46. The maximum Gasteiger partial charge on any atom is 0.143 e. The van der Waals surface area contributed by atoms with Gasteiger partial charge in [0, 0.05) is 5.02 Å². The van der Waals surface area contributed by atoms with Gasteiger partial charge in [0.1, 0.15) is 11.9 Å². The molecule has 2 nitrogen and oxygen atoms in total. The van der Waals surface area contributed by atoms with Crippen molar-refractivity contribution in [1.29, 1.82) is 0 Å². The van der Waals surface area contributed by atoms with Crippen molar-refractivity contribution in [3.8, 4) is 5.75 Å². The lowest BCUT2D eigenvalue weighted by Crippen LogP contribution is -2.23. The number of halogens is 1. The van der Waals surface area contributed by atoms with Gasteiger partial charge in [0.2, 0.25) is 0 Å². The van der Waals surface area contributed by atoms with Crippen molar-refractivity contribution in [3.63, 3.8) is 0 Å². The number of ether oxygens (including phenoxy) is 1. The highest BCUT2D eigenvalue weighted by molar-refractivity contribution is 6.30. The summed E-state index contributed by atoms with van der Waals surface area (Å²) in [5.74, 6) is 0.860. The molecule has 0 aliphatic carbocycles. The van der Waals surface area contributed by atoms with Crippen molar-refractivity contribution >= 4 is 17.3 Å². The molecule has 0 amide bonds. The fraction of sp³-hybridized carbons (Fsp3) is 0.250. The molecule has 3 heteroatoms. The van der Waals surface area contributed by atoms with Gasteiger partial charge in [0.05, 0.1) is 12.2 Å². The van der Waals surface area contributed by atoms with Crippen LogP contribution in [-0.2, 0) is 0 Å². The first-order valence-electron chi connectivity index (χ1n) is 6.41. The molecule has 1 aliphatic heterocycles. The van der Waals surface area contributed by atoms with Gasteiger partial charge in [0.15, 0.2) is 0 Å². The van der Waals surface area contributed by atoms with Crippen LogP contribution in [0.2, 0.25) is 5.02 Å². The Hall–Kier alpha value is -1.67. The number of fused-ring (bicyclic) bond motifs is 1. The summed E-state index contributed by atoms with van der Waals surface area (Å²) < 4.78 is 6.05.